The lowest BCUT2D eigenvalue weighted by molar-refractivity contribution is 0.607. The molecule has 0 fully saturated rings. The molecule has 26 heavy (non-hydrogen) atoms. The zero-order valence-corrected chi connectivity index (χ0v) is 16.8. The van der Waals surface area contributed by atoms with Crippen molar-refractivity contribution in [1.29, 1.82) is 0 Å². The van der Waals surface area contributed by atoms with Gasteiger partial charge < -0.3 is 4.98 Å². The molecular weight excluding hydrogens is 316 g/mol. The molecule has 2 nitrogen and oxygen atoms in total. The molecule has 0 aliphatic rings. The molecule has 2 heteroatoms. The van der Waals surface area contributed by atoms with Crippen LogP contribution >= 0.6 is 0 Å². The fraction of sp³-hybridized carbons (Fsp3) is 0.625. The number of benzene rings is 1. The van der Waals surface area contributed by atoms with Crippen molar-refractivity contribution < 1.29 is 0 Å². The summed E-state index contributed by atoms with van der Waals surface area (Å²) in [6.45, 7) is 2.28. The van der Waals surface area contributed by atoms with Gasteiger partial charge in [-0.2, -0.15) is 0 Å². The first-order valence-corrected chi connectivity index (χ1v) is 11.0. The maximum Gasteiger partial charge on any atom is 0.107 e. The smallest absolute Gasteiger partial charge is 0.107 e. The zero-order valence-electron chi connectivity index (χ0n) is 16.8. The molecule has 0 saturated heterocycles. The number of unbranched alkanes of at least 4 members (excludes halogenated alkanes) is 11. The molecule has 0 radical (unpaired) electrons. The number of rotatable bonds is 15. The topological polar surface area (TPSA) is 28.7 Å². The molecule has 1 aromatic carbocycles. The lowest BCUT2D eigenvalue weighted by Gasteiger charge is -2.00. The molecule has 0 atom stereocenters. The molecule has 0 aliphatic carbocycles. The number of nitrogens with zero attached hydrogens (tertiary/aromatic N) is 1. The van der Waals surface area contributed by atoms with E-state index in [0.29, 0.717) is 0 Å². The fourth-order valence-electron chi connectivity index (χ4n) is 3.49. The van der Waals surface area contributed by atoms with Crippen LogP contribution in [0.1, 0.15) is 96.2 Å². The van der Waals surface area contributed by atoms with Crippen molar-refractivity contribution in [1.82, 2.24) is 9.97 Å². The third kappa shape index (κ3) is 8.69. The van der Waals surface area contributed by atoms with E-state index in [1.54, 1.807) is 0 Å². The van der Waals surface area contributed by atoms with Crippen molar-refractivity contribution in [2.45, 2.75) is 96.8 Å². The van der Waals surface area contributed by atoms with Crippen LogP contribution in [0.2, 0.25) is 0 Å². The van der Waals surface area contributed by atoms with Gasteiger partial charge in [-0.25, -0.2) is 4.98 Å². The van der Waals surface area contributed by atoms with Gasteiger partial charge in [0.2, 0.25) is 0 Å². The van der Waals surface area contributed by atoms with E-state index < -0.39 is 0 Å². The third-order valence-electron chi connectivity index (χ3n) is 5.11. The molecule has 0 spiro atoms. The van der Waals surface area contributed by atoms with Crippen molar-refractivity contribution in [3.8, 4) is 0 Å². The summed E-state index contributed by atoms with van der Waals surface area (Å²) in [4.78, 5) is 8.08. The fourth-order valence-corrected chi connectivity index (χ4v) is 3.49. The highest BCUT2D eigenvalue weighted by atomic mass is 14.9. The van der Waals surface area contributed by atoms with Crippen molar-refractivity contribution in [2.75, 3.05) is 0 Å². The Balaban J connectivity index is 1.38. The van der Waals surface area contributed by atoms with Crippen molar-refractivity contribution in [3.63, 3.8) is 0 Å². The first-order chi connectivity index (χ1) is 12.9. The maximum absolute atomic E-state index is 4.65. The summed E-state index contributed by atoms with van der Waals surface area (Å²) in [6.07, 6.45) is 23.5. The van der Waals surface area contributed by atoms with Crippen molar-refractivity contribution in [2.24, 2.45) is 0 Å². The van der Waals surface area contributed by atoms with Gasteiger partial charge in [0.15, 0.2) is 0 Å². The van der Waals surface area contributed by atoms with Crippen LogP contribution in [0.15, 0.2) is 36.4 Å². The molecule has 0 amide bonds. The number of aromatic nitrogens is 2. The second-order valence-corrected chi connectivity index (χ2v) is 7.53. The lowest BCUT2D eigenvalue weighted by Crippen LogP contribution is -1.88. The Kier molecular flexibility index (Phi) is 10.9. The monoisotopic (exact) mass is 354 g/mol. The van der Waals surface area contributed by atoms with Gasteiger partial charge in [0.25, 0.3) is 0 Å². The Morgan fingerprint density at radius 3 is 2.08 bits per heavy atom. The number of hydrogen-bond donors (Lipinski definition) is 1. The highest BCUT2D eigenvalue weighted by molar-refractivity contribution is 5.74. The first kappa shape index (κ1) is 20.7. The van der Waals surface area contributed by atoms with Crippen LogP contribution in [0.4, 0.5) is 0 Å². The highest BCUT2D eigenvalue weighted by Gasteiger charge is 2.01. The molecule has 1 heterocycles. The predicted octanol–water partition coefficient (Wildman–Crippen LogP) is 7.75. The van der Waals surface area contributed by atoms with Gasteiger partial charge in [-0.15, -0.1) is 0 Å². The van der Waals surface area contributed by atoms with Crippen molar-refractivity contribution in [3.05, 3.63) is 42.2 Å². The first-order valence-electron chi connectivity index (χ1n) is 11.0. The summed E-state index contributed by atoms with van der Waals surface area (Å²) in [5, 5.41) is 0. The number of imidazole rings is 1. The summed E-state index contributed by atoms with van der Waals surface area (Å²) in [6, 6.07) is 8.29. The van der Waals surface area contributed by atoms with E-state index in [9.17, 15) is 0 Å². The molecule has 0 unspecified atom stereocenters. The summed E-state index contributed by atoms with van der Waals surface area (Å²) < 4.78 is 0. The molecular formula is C24H38N2. The number of hydrogen-bond acceptors (Lipinski definition) is 1. The van der Waals surface area contributed by atoms with Crippen LogP contribution in [0.3, 0.4) is 0 Å². The van der Waals surface area contributed by atoms with Gasteiger partial charge in [0, 0.05) is 6.42 Å². The van der Waals surface area contributed by atoms with Gasteiger partial charge >= 0.3 is 0 Å². The molecule has 1 aromatic heterocycles. The molecule has 144 valence electrons. The summed E-state index contributed by atoms with van der Waals surface area (Å²) in [7, 11) is 0. The van der Waals surface area contributed by atoms with Gasteiger partial charge in [-0.05, 0) is 44.2 Å². The second kappa shape index (κ2) is 13.6. The quantitative estimate of drug-likeness (QED) is 0.257. The van der Waals surface area contributed by atoms with E-state index in [4.69, 9.17) is 0 Å². The number of fused-ring (bicyclic) bond motifs is 1. The lowest BCUT2D eigenvalue weighted by atomic mass is 10.1. The molecule has 1 N–H and O–H groups in total. The van der Waals surface area contributed by atoms with Gasteiger partial charge in [-0.3, -0.25) is 0 Å². The number of nitrogens with one attached hydrogen (secondary N) is 1. The number of para-hydroxylation sites is 2. The second-order valence-electron chi connectivity index (χ2n) is 7.53. The third-order valence-corrected chi connectivity index (χ3v) is 5.11. The number of aryl methyl sites for hydroxylation is 1. The minimum atomic E-state index is 1.08. The Labute approximate surface area is 160 Å². The largest absolute Gasteiger partial charge is 0.342 e. The number of aromatic amines is 1. The van der Waals surface area contributed by atoms with Crippen LogP contribution in [0.5, 0.6) is 0 Å². The number of H-pyrrole nitrogens is 1. The van der Waals surface area contributed by atoms with Crippen LogP contribution in [0.25, 0.3) is 11.0 Å². The van der Waals surface area contributed by atoms with Crippen LogP contribution in [-0.4, -0.2) is 9.97 Å². The molecule has 2 aromatic rings. The normalized spacial score (nSPS) is 11.7. The molecule has 2 rings (SSSR count). The predicted molar refractivity (Wildman–Crippen MR) is 115 cm³/mol. The Bertz CT molecular complexity index is 578. The Morgan fingerprint density at radius 1 is 0.769 bits per heavy atom. The van der Waals surface area contributed by atoms with E-state index in [2.05, 4.69) is 53.3 Å². The van der Waals surface area contributed by atoms with Gasteiger partial charge in [0.05, 0.1) is 11.0 Å². The average Bonchev–Trinajstić information content (AvgIpc) is 3.07. The molecule has 0 aliphatic heterocycles. The van der Waals surface area contributed by atoms with Gasteiger partial charge in [0.1, 0.15) is 5.82 Å². The van der Waals surface area contributed by atoms with E-state index in [1.807, 2.05) is 0 Å². The average molecular weight is 355 g/mol. The maximum atomic E-state index is 4.65. The van der Waals surface area contributed by atoms with E-state index in [0.717, 1.165) is 23.3 Å². The van der Waals surface area contributed by atoms with Crippen molar-refractivity contribution >= 4 is 11.0 Å². The van der Waals surface area contributed by atoms with Crippen LogP contribution in [-0.2, 0) is 6.42 Å². The van der Waals surface area contributed by atoms with E-state index >= 15 is 0 Å². The Hall–Kier alpha value is -1.57. The minimum absolute atomic E-state index is 1.08. The number of allylic oxidation sites excluding steroid dienone is 2. The molecule has 0 bridgehead atoms. The van der Waals surface area contributed by atoms with Gasteiger partial charge in [-0.1, -0.05) is 82.6 Å². The minimum Gasteiger partial charge on any atom is -0.342 e. The van der Waals surface area contributed by atoms with Crippen LogP contribution < -0.4 is 0 Å². The van der Waals surface area contributed by atoms with E-state index in [1.165, 1.54) is 83.5 Å². The Morgan fingerprint density at radius 2 is 1.38 bits per heavy atom. The zero-order chi connectivity index (χ0) is 18.3. The standard InChI is InChI=1S/C24H38N2/c1-2-3-4-5-6-7-8-9-10-11-12-13-14-15-16-21-24-25-22-19-17-18-20-23(22)26-24/h9-10,17-20H,2-8,11-16,21H2,1H3,(H,25,26)/b10-9+. The molecule has 0 saturated carbocycles. The SMILES string of the molecule is CCCCCCCC/C=C/CCCCCCCc1nc2ccccc2[nH]1. The summed E-state index contributed by atoms with van der Waals surface area (Å²) in [5.41, 5.74) is 2.26. The summed E-state index contributed by atoms with van der Waals surface area (Å²) >= 11 is 0. The van der Waals surface area contributed by atoms with E-state index in [-0.39, 0.29) is 0 Å². The van der Waals surface area contributed by atoms with Crippen LogP contribution in [0, 0.1) is 0 Å². The summed E-state index contributed by atoms with van der Waals surface area (Å²) in [5.74, 6) is 1.14. The highest BCUT2D eigenvalue weighted by Crippen LogP contribution is 2.13.